The number of aliphatic hydroxyl groups excluding tert-OH is 1. The van der Waals surface area contributed by atoms with Crippen molar-refractivity contribution in [1.82, 2.24) is 15.5 Å². The number of likely N-dealkylation sites (tertiary alicyclic amines) is 1. The zero-order chi connectivity index (χ0) is 23.2. The Balaban J connectivity index is 1.73. The first kappa shape index (κ1) is 23.6. The monoisotopic (exact) mass is 523 g/mol. The number of carbonyl (C=O) groups is 3. The van der Waals surface area contributed by atoms with Crippen LogP contribution in [0.2, 0.25) is 0 Å². The van der Waals surface area contributed by atoms with Gasteiger partial charge in [-0.3, -0.25) is 14.4 Å². The number of hydrogen-bond donors (Lipinski definition) is 3. The van der Waals surface area contributed by atoms with Crippen LogP contribution in [0.1, 0.15) is 25.8 Å². The van der Waals surface area contributed by atoms with Crippen LogP contribution in [0.5, 0.6) is 0 Å². The third kappa shape index (κ3) is 3.56. The van der Waals surface area contributed by atoms with Gasteiger partial charge < -0.3 is 20.6 Å². The Morgan fingerprint density at radius 2 is 1.97 bits per heavy atom. The van der Waals surface area contributed by atoms with Gasteiger partial charge in [0.2, 0.25) is 17.7 Å². The van der Waals surface area contributed by atoms with Crippen LogP contribution in [0, 0.1) is 17.8 Å². The second-order valence-corrected chi connectivity index (χ2v) is 11.9. The summed E-state index contributed by atoms with van der Waals surface area (Å²) in [5.74, 6) is -1.70. The molecule has 1 aromatic rings. The molecule has 3 amide bonds. The van der Waals surface area contributed by atoms with E-state index < -0.39 is 28.7 Å². The molecule has 3 fully saturated rings. The van der Waals surface area contributed by atoms with E-state index in [0.717, 1.165) is 5.56 Å². The number of nitrogens with one attached hydrogen (secondary N) is 2. The van der Waals surface area contributed by atoms with Crippen molar-refractivity contribution in [3.05, 3.63) is 35.9 Å². The summed E-state index contributed by atoms with van der Waals surface area (Å²) in [6.45, 7) is 4.00. The van der Waals surface area contributed by atoms with Gasteiger partial charge >= 0.3 is 0 Å². The first-order valence-corrected chi connectivity index (χ1v) is 12.8. The molecule has 1 aromatic carbocycles. The number of benzene rings is 1. The van der Waals surface area contributed by atoms with Gasteiger partial charge in [-0.15, -0.1) is 11.8 Å². The fourth-order valence-corrected chi connectivity index (χ4v) is 9.29. The predicted molar refractivity (Wildman–Crippen MR) is 127 cm³/mol. The SMILES string of the molecule is CNC(=O)[C@H]1[C@@H]2SC3(CC2Br)C(C(=O)NCc2ccccc2)N([C@@H](CO)C(C)C)C(=O)[C@H]13. The van der Waals surface area contributed by atoms with Gasteiger partial charge in [0.15, 0.2) is 0 Å². The van der Waals surface area contributed by atoms with Crippen LogP contribution in [0.3, 0.4) is 0 Å². The van der Waals surface area contributed by atoms with Crippen LogP contribution < -0.4 is 10.6 Å². The van der Waals surface area contributed by atoms with Crippen LogP contribution in [0.15, 0.2) is 30.3 Å². The van der Waals surface area contributed by atoms with Crippen molar-refractivity contribution in [1.29, 1.82) is 0 Å². The first-order chi connectivity index (χ1) is 15.3. The van der Waals surface area contributed by atoms with E-state index in [9.17, 15) is 19.5 Å². The van der Waals surface area contributed by atoms with Gasteiger partial charge in [-0.05, 0) is 17.9 Å². The Morgan fingerprint density at radius 1 is 1.28 bits per heavy atom. The highest BCUT2D eigenvalue weighted by Crippen LogP contribution is 2.68. The Labute approximate surface area is 201 Å². The number of fused-ring (bicyclic) bond motifs is 1. The molecule has 9 heteroatoms. The summed E-state index contributed by atoms with van der Waals surface area (Å²) in [5.41, 5.74) is 0.971. The Bertz CT molecular complexity index is 900. The summed E-state index contributed by atoms with van der Waals surface area (Å²) in [7, 11) is 1.58. The summed E-state index contributed by atoms with van der Waals surface area (Å²) in [6.07, 6.45) is 0.627. The van der Waals surface area contributed by atoms with E-state index in [4.69, 9.17) is 0 Å². The van der Waals surface area contributed by atoms with Gasteiger partial charge in [0.25, 0.3) is 0 Å². The lowest BCUT2D eigenvalue weighted by Crippen LogP contribution is -2.57. The molecular formula is C23H30BrN3O4S. The van der Waals surface area contributed by atoms with E-state index in [2.05, 4.69) is 26.6 Å². The highest BCUT2D eigenvalue weighted by atomic mass is 79.9. The Morgan fingerprint density at radius 3 is 2.56 bits per heavy atom. The van der Waals surface area contributed by atoms with E-state index >= 15 is 0 Å². The molecule has 174 valence electrons. The topological polar surface area (TPSA) is 98.7 Å². The smallest absolute Gasteiger partial charge is 0.244 e. The summed E-state index contributed by atoms with van der Waals surface area (Å²) in [6, 6.07) is 8.40. The summed E-state index contributed by atoms with van der Waals surface area (Å²) in [4.78, 5) is 42.0. The average molecular weight is 524 g/mol. The summed E-state index contributed by atoms with van der Waals surface area (Å²) < 4.78 is -0.698. The van der Waals surface area contributed by atoms with Crippen molar-refractivity contribution in [2.45, 2.75) is 53.7 Å². The number of carbonyl (C=O) groups excluding carboxylic acids is 3. The van der Waals surface area contributed by atoms with E-state index in [1.165, 1.54) is 0 Å². The van der Waals surface area contributed by atoms with Crippen LogP contribution in [-0.4, -0.2) is 68.3 Å². The zero-order valence-corrected chi connectivity index (χ0v) is 20.9. The predicted octanol–water partition coefficient (Wildman–Crippen LogP) is 1.53. The molecule has 0 aromatic heterocycles. The number of alkyl halides is 1. The molecule has 0 saturated carbocycles. The van der Waals surface area contributed by atoms with E-state index in [-0.39, 0.29) is 40.3 Å². The highest BCUT2D eigenvalue weighted by Gasteiger charge is 2.76. The number of nitrogens with zero attached hydrogens (tertiary/aromatic N) is 1. The third-order valence-corrected chi connectivity index (χ3v) is 10.4. The molecular weight excluding hydrogens is 494 g/mol. The molecule has 3 N–H and O–H groups in total. The van der Waals surface area contributed by atoms with Crippen molar-refractivity contribution >= 4 is 45.4 Å². The van der Waals surface area contributed by atoms with Crippen molar-refractivity contribution in [3.63, 3.8) is 0 Å². The van der Waals surface area contributed by atoms with E-state index in [1.54, 1.807) is 23.7 Å². The maximum atomic E-state index is 13.8. The fraction of sp³-hybridized carbons (Fsp3) is 0.609. The van der Waals surface area contributed by atoms with Gasteiger partial charge in [0.05, 0.1) is 29.2 Å². The molecule has 3 unspecified atom stereocenters. The lowest BCUT2D eigenvalue weighted by Gasteiger charge is -2.38. The van der Waals surface area contributed by atoms with Crippen molar-refractivity contribution in [2.75, 3.05) is 13.7 Å². The fourth-order valence-electron chi connectivity index (χ4n) is 5.69. The van der Waals surface area contributed by atoms with E-state index in [1.807, 2.05) is 44.2 Å². The number of hydrogen-bond acceptors (Lipinski definition) is 5. The normalized spacial score (nSPS) is 34.0. The van der Waals surface area contributed by atoms with Gasteiger partial charge in [0, 0.05) is 23.7 Å². The molecule has 3 aliphatic rings. The lowest BCUT2D eigenvalue weighted by atomic mass is 9.70. The molecule has 1 spiro atoms. The number of halogens is 1. The molecule has 4 rings (SSSR count). The zero-order valence-electron chi connectivity index (χ0n) is 18.5. The molecule has 3 heterocycles. The van der Waals surface area contributed by atoms with Gasteiger partial charge in [-0.25, -0.2) is 0 Å². The molecule has 2 bridgehead atoms. The summed E-state index contributed by atoms with van der Waals surface area (Å²) in [5, 5.41) is 15.8. The lowest BCUT2D eigenvalue weighted by molar-refractivity contribution is -0.143. The van der Waals surface area contributed by atoms with Crippen LogP contribution >= 0.6 is 27.7 Å². The molecule has 0 radical (unpaired) electrons. The number of aliphatic hydroxyl groups is 1. The second kappa shape index (κ2) is 8.99. The first-order valence-electron chi connectivity index (χ1n) is 11.0. The minimum Gasteiger partial charge on any atom is -0.394 e. The number of amides is 3. The quantitative estimate of drug-likeness (QED) is 0.470. The number of rotatable bonds is 7. The Hall–Kier alpha value is -1.58. The average Bonchev–Trinajstić information content (AvgIpc) is 3.36. The van der Waals surface area contributed by atoms with Crippen LogP contribution in [-0.2, 0) is 20.9 Å². The van der Waals surface area contributed by atoms with Crippen molar-refractivity contribution in [2.24, 2.45) is 17.8 Å². The summed E-state index contributed by atoms with van der Waals surface area (Å²) >= 11 is 5.33. The third-order valence-electron chi connectivity index (χ3n) is 7.15. The minimum absolute atomic E-state index is 0.0369. The van der Waals surface area contributed by atoms with Crippen molar-refractivity contribution in [3.8, 4) is 0 Å². The molecule has 32 heavy (non-hydrogen) atoms. The molecule has 7 atom stereocenters. The van der Waals surface area contributed by atoms with Gasteiger partial charge in [-0.1, -0.05) is 60.1 Å². The molecule has 0 aliphatic carbocycles. The van der Waals surface area contributed by atoms with Crippen LogP contribution in [0.25, 0.3) is 0 Å². The molecule has 3 saturated heterocycles. The van der Waals surface area contributed by atoms with Crippen molar-refractivity contribution < 1.29 is 19.5 Å². The van der Waals surface area contributed by atoms with Crippen LogP contribution in [0.4, 0.5) is 0 Å². The largest absolute Gasteiger partial charge is 0.394 e. The Kier molecular flexibility index (Phi) is 6.62. The standard InChI is InChI=1S/C23H30BrN3O4S/c1-12(2)15(11-28)27-19(21(30)26-10-13-7-5-4-6-8-13)23-9-14(24)18(32-23)16(20(29)25-3)17(23)22(27)31/h4-8,12,14-19,28H,9-11H2,1-3H3,(H,25,29)(H,26,30)/t14?,15-,16+,17-,18+,19?,23?/m0/s1. The minimum atomic E-state index is -0.743. The maximum Gasteiger partial charge on any atom is 0.244 e. The highest BCUT2D eigenvalue weighted by molar-refractivity contribution is 9.09. The second-order valence-electron chi connectivity index (χ2n) is 9.22. The van der Waals surface area contributed by atoms with Gasteiger partial charge in [0.1, 0.15) is 6.04 Å². The number of thioether (sulfide) groups is 1. The van der Waals surface area contributed by atoms with Gasteiger partial charge in [-0.2, -0.15) is 0 Å². The molecule has 7 nitrogen and oxygen atoms in total. The molecule has 3 aliphatic heterocycles. The van der Waals surface area contributed by atoms with E-state index in [0.29, 0.717) is 13.0 Å². The maximum absolute atomic E-state index is 13.8.